The van der Waals surface area contributed by atoms with Crippen LogP contribution in [0, 0.1) is 0 Å². The van der Waals surface area contributed by atoms with Gasteiger partial charge in [0.25, 0.3) is 11.8 Å². The minimum absolute atomic E-state index is 0.0837. The van der Waals surface area contributed by atoms with Gasteiger partial charge in [-0.1, -0.05) is 0 Å². The Morgan fingerprint density at radius 3 is 2.40 bits per heavy atom. The number of likely N-dealkylation sites (N-methyl/N-ethyl adjacent to an activating group) is 1. The van der Waals surface area contributed by atoms with Crippen molar-refractivity contribution in [3.05, 3.63) is 24.3 Å². The van der Waals surface area contributed by atoms with Crippen LogP contribution in [0.5, 0.6) is 5.75 Å². The number of nitrogens with zero attached hydrogens (tertiary/aromatic N) is 2. The molecule has 1 aromatic rings. The highest BCUT2D eigenvalue weighted by Crippen LogP contribution is 2.15. The van der Waals surface area contributed by atoms with E-state index in [-0.39, 0.29) is 6.54 Å². The van der Waals surface area contributed by atoms with Gasteiger partial charge in [-0.3, -0.25) is 19.3 Å². The second-order valence-corrected chi connectivity index (χ2v) is 5.47. The van der Waals surface area contributed by atoms with Crippen LogP contribution in [0.4, 0.5) is 10.5 Å². The molecule has 4 amide bonds. The van der Waals surface area contributed by atoms with E-state index in [2.05, 4.69) is 5.32 Å². The highest BCUT2D eigenvalue weighted by Gasteiger charge is 2.35. The molecule has 2 rings (SSSR count). The molecule has 9 nitrogen and oxygen atoms in total. The van der Waals surface area contributed by atoms with Gasteiger partial charge in [-0.2, -0.15) is 0 Å². The van der Waals surface area contributed by atoms with Crippen LogP contribution in [0.3, 0.4) is 0 Å². The van der Waals surface area contributed by atoms with Crippen LogP contribution in [-0.4, -0.2) is 67.0 Å². The lowest BCUT2D eigenvalue weighted by Crippen LogP contribution is -2.39. The number of amides is 4. The van der Waals surface area contributed by atoms with Crippen molar-refractivity contribution >= 4 is 29.5 Å². The molecule has 0 saturated carbocycles. The number of rotatable bonds is 6. The molecule has 9 heteroatoms. The van der Waals surface area contributed by atoms with Crippen LogP contribution < -0.4 is 10.1 Å². The molecule has 0 unspecified atom stereocenters. The Morgan fingerprint density at radius 1 is 1.24 bits per heavy atom. The van der Waals surface area contributed by atoms with Crippen molar-refractivity contribution in [3.8, 4) is 5.75 Å². The van der Waals surface area contributed by atoms with Gasteiger partial charge in [-0.25, -0.2) is 4.79 Å². The summed E-state index contributed by atoms with van der Waals surface area (Å²) in [6.45, 7) is 0.790. The molecule has 0 aromatic heterocycles. The summed E-state index contributed by atoms with van der Waals surface area (Å²) in [4.78, 5) is 49.2. The lowest BCUT2D eigenvalue weighted by Gasteiger charge is -2.16. The van der Waals surface area contributed by atoms with Gasteiger partial charge in [0.15, 0.2) is 6.10 Å². The van der Waals surface area contributed by atoms with Gasteiger partial charge < -0.3 is 19.7 Å². The summed E-state index contributed by atoms with van der Waals surface area (Å²) in [5.41, 5.74) is 0.514. The molecule has 0 bridgehead atoms. The second kappa shape index (κ2) is 7.65. The van der Waals surface area contributed by atoms with Gasteiger partial charge in [0, 0.05) is 12.7 Å². The van der Waals surface area contributed by atoms with Gasteiger partial charge >= 0.3 is 12.0 Å². The van der Waals surface area contributed by atoms with E-state index < -0.39 is 36.5 Å². The van der Waals surface area contributed by atoms with Crippen molar-refractivity contribution in [1.82, 2.24) is 9.80 Å². The largest absolute Gasteiger partial charge is 0.497 e. The molecule has 1 heterocycles. The standard InChI is InChI=1S/C16H19N3O6/c1-10(15(22)17-11-4-6-12(24-3)7-5-11)25-14(21)9-19-13(20)8-18(2)16(19)23/h4-7,10H,8-9H2,1-3H3,(H,17,22)/t10-/m1/s1. The van der Waals surface area contributed by atoms with Crippen molar-refractivity contribution in [3.63, 3.8) is 0 Å². The predicted octanol–water partition coefficient (Wildman–Crippen LogP) is 0.459. The molecular weight excluding hydrogens is 330 g/mol. The molecule has 1 saturated heterocycles. The van der Waals surface area contributed by atoms with E-state index in [1.54, 1.807) is 24.3 Å². The Bertz CT molecular complexity index is 688. The van der Waals surface area contributed by atoms with Crippen molar-refractivity contribution in [1.29, 1.82) is 0 Å². The minimum atomic E-state index is -1.08. The van der Waals surface area contributed by atoms with E-state index >= 15 is 0 Å². The number of esters is 1. The lowest BCUT2D eigenvalue weighted by molar-refractivity contribution is -0.154. The number of hydrogen-bond acceptors (Lipinski definition) is 6. The summed E-state index contributed by atoms with van der Waals surface area (Å²) in [5, 5.41) is 2.59. The molecule has 1 aliphatic heterocycles. The van der Waals surface area contributed by atoms with Crippen LogP contribution in [0.1, 0.15) is 6.92 Å². The first-order valence-electron chi connectivity index (χ1n) is 7.51. The average Bonchev–Trinajstić information content (AvgIpc) is 2.81. The zero-order valence-corrected chi connectivity index (χ0v) is 14.1. The number of urea groups is 1. The fourth-order valence-electron chi connectivity index (χ4n) is 2.16. The first-order valence-corrected chi connectivity index (χ1v) is 7.51. The average molecular weight is 349 g/mol. The number of methoxy groups -OCH3 is 1. The maximum atomic E-state index is 12.0. The maximum Gasteiger partial charge on any atom is 0.327 e. The molecule has 134 valence electrons. The van der Waals surface area contributed by atoms with Crippen molar-refractivity contribution in [2.45, 2.75) is 13.0 Å². The van der Waals surface area contributed by atoms with Crippen LogP contribution in [0.25, 0.3) is 0 Å². The summed E-state index contributed by atoms with van der Waals surface area (Å²) in [6.07, 6.45) is -1.08. The van der Waals surface area contributed by atoms with Gasteiger partial charge in [-0.15, -0.1) is 0 Å². The van der Waals surface area contributed by atoms with E-state index in [0.29, 0.717) is 11.4 Å². The quantitative estimate of drug-likeness (QED) is 0.591. The summed E-state index contributed by atoms with van der Waals surface area (Å²) in [7, 11) is 2.99. The highest BCUT2D eigenvalue weighted by atomic mass is 16.5. The fourth-order valence-corrected chi connectivity index (χ4v) is 2.16. The summed E-state index contributed by atoms with van der Waals surface area (Å²) < 4.78 is 10.0. The fraction of sp³-hybridized carbons (Fsp3) is 0.375. The molecule has 0 radical (unpaired) electrons. The number of nitrogens with one attached hydrogen (secondary N) is 1. The van der Waals surface area contributed by atoms with Crippen molar-refractivity contribution in [2.24, 2.45) is 0 Å². The SMILES string of the molecule is COc1ccc(NC(=O)[C@@H](C)OC(=O)CN2C(=O)CN(C)C2=O)cc1. The molecule has 0 aliphatic carbocycles. The lowest BCUT2D eigenvalue weighted by atomic mass is 10.3. The summed E-state index contributed by atoms with van der Waals surface area (Å²) in [6, 6.07) is 6.06. The number of imide groups is 1. The number of benzene rings is 1. The number of carbonyl (C=O) groups is 4. The zero-order valence-electron chi connectivity index (χ0n) is 14.1. The molecule has 25 heavy (non-hydrogen) atoms. The molecule has 1 fully saturated rings. The maximum absolute atomic E-state index is 12.0. The first kappa shape index (κ1) is 18.2. The Balaban J connectivity index is 1.86. The molecule has 1 aliphatic rings. The van der Waals surface area contributed by atoms with Gasteiger partial charge in [-0.05, 0) is 31.2 Å². The number of hydrogen-bond donors (Lipinski definition) is 1. The van der Waals surface area contributed by atoms with Gasteiger partial charge in [0.2, 0.25) is 0 Å². The Kier molecular flexibility index (Phi) is 5.58. The van der Waals surface area contributed by atoms with E-state index in [4.69, 9.17) is 9.47 Å². The van der Waals surface area contributed by atoms with Crippen molar-refractivity contribution < 1.29 is 28.7 Å². The molecular formula is C16H19N3O6. The van der Waals surface area contributed by atoms with Crippen LogP contribution in [0.15, 0.2) is 24.3 Å². The molecule has 1 N–H and O–H groups in total. The summed E-state index contributed by atoms with van der Waals surface area (Å²) in [5.74, 6) is -1.22. The topological polar surface area (TPSA) is 105 Å². The third-order valence-electron chi connectivity index (χ3n) is 3.55. The number of ether oxygens (including phenoxy) is 2. The third kappa shape index (κ3) is 4.46. The van der Waals surface area contributed by atoms with Crippen LogP contribution >= 0.6 is 0 Å². The zero-order chi connectivity index (χ0) is 18.6. The smallest absolute Gasteiger partial charge is 0.327 e. The van der Waals surface area contributed by atoms with E-state index in [1.165, 1.54) is 26.0 Å². The summed E-state index contributed by atoms with van der Waals surface area (Å²) >= 11 is 0. The van der Waals surface area contributed by atoms with Crippen LogP contribution in [0.2, 0.25) is 0 Å². The Hall–Kier alpha value is -3.10. The predicted molar refractivity (Wildman–Crippen MR) is 86.9 cm³/mol. The number of anilines is 1. The minimum Gasteiger partial charge on any atom is -0.497 e. The van der Waals surface area contributed by atoms with E-state index in [0.717, 1.165) is 4.90 Å². The highest BCUT2D eigenvalue weighted by molar-refractivity contribution is 6.04. The Labute approximate surface area is 144 Å². The van der Waals surface area contributed by atoms with Crippen LogP contribution in [-0.2, 0) is 19.1 Å². The van der Waals surface area contributed by atoms with Gasteiger partial charge in [0.05, 0.1) is 7.11 Å². The number of carbonyl (C=O) groups excluding carboxylic acids is 4. The monoisotopic (exact) mass is 349 g/mol. The van der Waals surface area contributed by atoms with E-state index in [9.17, 15) is 19.2 Å². The molecule has 1 aromatic carbocycles. The second-order valence-electron chi connectivity index (χ2n) is 5.47. The molecule has 1 atom stereocenters. The van der Waals surface area contributed by atoms with Gasteiger partial charge in [0.1, 0.15) is 18.8 Å². The van der Waals surface area contributed by atoms with Crippen molar-refractivity contribution in [2.75, 3.05) is 32.6 Å². The molecule has 0 spiro atoms. The third-order valence-corrected chi connectivity index (χ3v) is 3.55. The first-order chi connectivity index (χ1) is 11.8. The van der Waals surface area contributed by atoms with E-state index in [1.807, 2.05) is 0 Å². The normalized spacial score (nSPS) is 15.2. The Morgan fingerprint density at radius 2 is 1.88 bits per heavy atom.